The Morgan fingerprint density at radius 1 is 1.21 bits per heavy atom. The minimum Gasteiger partial charge on any atom is -0.310 e. The van der Waals surface area contributed by atoms with Crippen molar-refractivity contribution in [3.63, 3.8) is 0 Å². The maximum Gasteiger partial charge on any atom is 0.0198 e. The predicted octanol–water partition coefficient (Wildman–Crippen LogP) is 1.47. The second-order valence-electron chi connectivity index (χ2n) is 5.61. The minimum atomic E-state index is 0.790. The van der Waals surface area contributed by atoms with E-state index in [0.717, 1.165) is 23.9 Å². The van der Waals surface area contributed by atoms with Crippen LogP contribution in [-0.4, -0.2) is 37.1 Å². The first-order valence-electron chi connectivity index (χ1n) is 6.27. The zero-order valence-corrected chi connectivity index (χ0v) is 9.21. The van der Waals surface area contributed by atoms with Crippen molar-refractivity contribution in [2.75, 3.05) is 20.1 Å². The molecule has 1 aliphatic heterocycles. The molecule has 1 N–H and O–H groups in total. The molecule has 3 rings (SSSR count). The van der Waals surface area contributed by atoms with Crippen LogP contribution < -0.4 is 5.32 Å². The number of likely N-dealkylation sites (tertiary alicyclic amines) is 1. The van der Waals surface area contributed by atoms with Gasteiger partial charge in [-0.2, -0.15) is 0 Å². The van der Waals surface area contributed by atoms with E-state index in [4.69, 9.17) is 0 Å². The van der Waals surface area contributed by atoms with Crippen molar-refractivity contribution in [2.45, 2.75) is 44.2 Å². The predicted molar refractivity (Wildman–Crippen MR) is 58.3 cm³/mol. The molecule has 2 nitrogen and oxygen atoms in total. The van der Waals surface area contributed by atoms with E-state index in [1.165, 1.54) is 45.2 Å². The largest absolute Gasteiger partial charge is 0.310 e. The third kappa shape index (κ3) is 1.70. The maximum absolute atomic E-state index is 3.90. The fourth-order valence-corrected chi connectivity index (χ4v) is 3.52. The van der Waals surface area contributed by atoms with Crippen LogP contribution in [0.1, 0.15) is 32.1 Å². The van der Waals surface area contributed by atoms with Crippen molar-refractivity contribution in [2.24, 2.45) is 11.8 Å². The van der Waals surface area contributed by atoms with Crippen LogP contribution in [-0.2, 0) is 0 Å². The highest BCUT2D eigenvalue weighted by molar-refractivity contribution is 5.02. The van der Waals surface area contributed by atoms with Crippen molar-refractivity contribution >= 4 is 0 Å². The van der Waals surface area contributed by atoms with Gasteiger partial charge in [0.25, 0.3) is 0 Å². The van der Waals surface area contributed by atoms with Crippen molar-refractivity contribution in [1.29, 1.82) is 0 Å². The van der Waals surface area contributed by atoms with E-state index in [0.29, 0.717) is 0 Å². The van der Waals surface area contributed by atoms with Crippen LogP contribution in [0.5, 0.6) is 0 Å². The summed E-state index contributed by atoms with van der Waals surface area (Å²) in [5.74, 6) is 2.19. The van der Waals surface area contributed by atoms with E-state index in [9.17, 15) is 0 Å². The van der Waals surface area contributed by atoms with Gasteiger partial charge in [-0.15, -0.1) is 0 Å². The molecule has 2 aliphatic carbocycles. The van der Waals surface area contributed by atoms with E-state index in [2.05, 4.69) is 17.3 Å². The van der Waals surface area contributed by atoms with Gasteiger partial charge in [-0.3, -0.25) is 0 Å². The van der Waals surface area contributed by atoms with Gasteiger partial charge in [0.2, 0.25) is 0 Å². The Bertz CT molecular complexity index is 216. The number of rotatable bonds is 2. The molecule has 3 aliphatic rings. The van der Waals surface area contributed by atoms with E-state index < -0.39 is 0 Å². The Morgan fingerprint density at radius 2 is 2.14 bits per heavy atom. The highest BCUT2D eigenvalue weighted by atomic mass is 15.1. The fraction of sp³-hybridized carbons (Fsp3) is 1.00. The van der Waals surface area contributed by atoms with Crippen LogP contribution in [0.3, 0.4) is 0 Å². The van der Waals surface area contributed by atoms with E-state index in [1.54, 1.807) is 0 Å². The van der Waals surface area contributed by atoms with Crippen LogP contribution in [0, 0.1) is 11.8 Å². The standard InChI is InChI=1S/C12H22N2/c1-14-6-2-3-10(8-14)13-12-5-4-9-7-11(9)12/h9-13H,2-8H2,1H3. The number of likely N-dealkylation sites (N-methyl/N-ethyl adjacent to an activating group) is 1. The topological polar surface area (TPSA) is 15.3 Å². The Morgan fingerprint density at radius 3 is 2.79 bits per heavy atom. The van der Waals surface area contributed by atoms with Crippen molar-refractivity contribution < 1.29 is 0 Å². The first kappa shape index (κ1) is 9.17. The average Bonchev–Trinajstić information content (AvgIpc) is 2.84. The molecule has 80 valence electrons. The van der Waals surface area contributed by atoms with Gasteiger partial charge in [0, 0.05) is 18.6 Å². The lowest BCUT2D eigenvalue weighted by Gasteiger charge is -2.32. The molecule has 0 aromatic rings. The number of piperidine rings is 1. The number of fused-ring (bicyclic) bond motifs is 1. The summed E-state index contributed by atoms with van der Waals surface area (Å²) >= 11 is 0. The smallest absolute Gasteiger partial charge is 0.0198 e. The first-order chi connectivity index (χ1) is 6.83. The van der Waals surface area contributed by atoms with Gasteiger partial charge in [0.05, 0.1) is 0 Å². The second kappa shape index (κ2) is 3.49. The summed E-state index contributed by atoms with van der Waals surface area (Å²) in [4.78, 5) is 2.47. The quantitative estimate of drug-likeness (QED) is 0.716. The van der Waals surface area contributed by atoms with E-state index in [-0.39, 0.29) is 0 Å². The number of nitrogens with zero attached hydrogens (tertiary/aromatic N) is 1. The Labute approximate surface area is 87.0 Å². The summed E-state index contributed by atoms with van der Waals surface area (Å²) in [5, 5.41) is 3.90. The number of hydrogen-bond acceptors (Lipinski definition) is 2. The highest BCUT2D eigenvalue weighted by Crippen LogP contribution is 2.51. The van der Waals surface area contributed by atoms with Crippen LogP contribution in [0.15, 0.2) is 0 Å². The first-order valence-corrected chi connectivity index (χ1v) is 6.27. The third-order valence-electron chi connectivity index (χ3n) is 4.42. The molecule has 0 bridgehead atoms. The lowest BCUT2D eigenvalue weighted by atomic mass is 10.0. The monoisotopic (exact) mass is 194 g/mol. The number of hydrogen-bond donors (Lipinski definition) is 1. The van der Waals surface area contributed by atoms with Gasteiger partial charge in [0.1, 0.15) is 0 Å². The maximum atomic E-state index is 3.90. The molecule has 0 amide bonds. The molecule has 4 unspecified atom stereocenters. The molecule has 1 saturated heterocycles. The van der Waals surface area contributed by atoms with Gasteiger partial charge in [-0.1, -0.05) is 0 Å². The molecule has 2 heteroatoms. The molecule has 2 saturated carbocycles. The fourth-order valence-electron chi connectivity index (χ4n) is 3.52. The average molecular weight is 194 g/mol. The molecular weight excluding hydrogens is 172 g/mol. The lowest BCUT2D eigenvalue weighted by molar-refractivity contribution is 0.212. The minimum absolute atomic E-state index is 0.790. The Hall–Kier alpha value is -0.0800. The highest BCUT2D eigenvalue weighted by Gasteiger charge is 2.48. The summed E-state index contributed by atoms with van der Waals surface area (Å²) in [7, 11) is 2.25. The lowest BCUT2D eigenvalue weighted by Crippen LogP contribution is -2.48. The third-order valence-corrected chi connectivity index (χ3v) is 4.42. The van der Waals surface area contributed by atoms with Gasteiger partial charge < -0.3 is 10.2 Å². The molecule has 0 aromatic carbocycles. The van der Waals surface area contributed by atoms with Crippen LogP contribution >= 0.6 is 0 Å². The van der Waals surface area contributed by atoms with Crippen LogP contribution in [0.4, 0.5) is 0 Å². The van der Waals surface area contributed by atoms with Gasteiger partial charge in [-0.05, 0) is 57.5 Å². The van der Waals surface area contributed by atoms with E-state index in [1.807, 2.05) is 0 Å². The molecule has 0 aromatic heterocycles. The van der Waals surface area contributed by atoms with E-state index >= 15 is 0 Å². The molecule has 0 spiro atoms. The van der Waals surface area contributed by atoms with Gasteiger partial charge in [-0.25, -0.2) is 0 Å². The summed E-state index contributed by atoms with van der Waals surface area (Å²) in [6.45, 7) is 2.57. The zero-order valence-electron chi connectivity index (χ0n) is 9.21. The molecule has 4 atom stereocenters. The Kier molecular flexibility index (Phi) is 2.29. The molecule has 1 heterocycles. The van der Waals surface area contributed by atoms with Crippen molar-refractivity contribution in [1.82, 2.24) is 10.2 Å². The number of nitrogens with one attached hydrogen (secondary N) is 1. The van der Waals surface area contributed by atoms with Crippen LogP contribution in [0.2, 0.25) is 0 Å². The summed E-state index contributed by atoms with van der Waals surface area (Å²) < 4.78 is 0. The van der Waals surface area contributed by atoms with Crippen molar-refractivity contribution in [3.05, 3.63) is 0 Å². The summed E-state index contributed by atoms with van der Waals surface area (Å²) in [5.41, 5.74) is 0. The molecule has 3 fully saturated rings. The normalized spacial score (nSPS) is 47.8. The Balaban J connectivity index is 1.51. The second-order valence-corrected chi connectivity index (χ2v) is 5.61. The van der Waals surface area contributed by atoms with Crippen LogP contribution in [0.25, 0.3) is 0 Å². The summed E-state index contributed by atoms with van der Waals surface area (Å²) in [6.07, 6.45) is 7.27. The zero-order chi connectivity index (χ0) is 9.54. The molecule has 0 radical (unpaired) electrons. The van der Waals surface area contributed by atoms with Gasteiger partial charge >= 0.3 is 0 Å². The molecule has 14 heavy (non-hydrogen) atoms. The molecular formula is C12H22N2. The van der Waals surface area contributed by atoms with Gasteiger partial charge in [0.15, 0.2) is 0 Å². The SMILES string of the molecule is CN1CCCC(NC2CCC3CC32)C1. The van der Waals surface area contributed by atoms with Crippen molar-refractivity contribution in [3.8, 4) is 0 Å². The summed E-state index contributed by atoms with van der Waals surface area (Å²) in [6, 6.07) is 1.68.